The lowest BCUT2D eigenvalue weighted by atomic mass is 10.2. The van der Waals surface area contributed by atoms with Gasteiger partial charge in [-0.3, -0.25) is 4.72 Å². The van der Waals surface area contributed by atoms with E-state index in [0.717, 1.165) is 5.56 Å². The largest absolute Gasteiger partial charge is 0.263 e. The van der Waals surface area contributed by atoms with Crippen molar-refractivity contribution in [2.75, 3.05) is 4.72 Å². The van der Waals surface area contributed by atoms with Crippen LogP contribution in [0.3, 0.4) is 0 Å². The minimum Gasteiger partial charge on any atom is -0.263 e. The Labute approximate surface area is 111 Å². The van der Waals surface area contributed by atoms with E-state index in [2.05, 4.69) is 9.71 Å². The molecule has 2 aromatic rings. The molecule has 0 spiro atoms. The van der Waals surface area contributed by atoms with Crippen molar-refractivity contribution in [1.29, 1.82) is 5.26 Å². The highest BCUT2D eigenvalue weighted by atomic mass is 32.2. The molecule has 2 rings (SSSR count). The maximum atomic E-state index is 12.1. The summed E-state index contributed by atoms with van der Waals surface area (Å²) in [5.74, 6) is 0.252. The average Bonchev–Trinajstić information content (AvgIpc) is 2.38. The van der Waals surface area contributed by atoms with Gasteiger partial charge in [-0.2, -0.15) is 5.26 Å². The van der Waals surface area contributed by atoms with Gasteiger partial charge in [-0.1, -0.05) is 6.07 Å². The van der Waals surface area contributed by atoms with Gasteiger partial charge in [0.15, 0.2) is 0 Å². The lowest BCUT2D eigenvalue weighted by Gasteiger charge is -2.07. The Morgan fingerprint density at radius 3 is 2.74 bits per heavy atom. The summed E-state index contributed by atoms with van der Waals surface area (Å²) in [6.07, 6.45) is 1.53. The highest BCUT2D eigenvalue weighted by Crippen LogP contribution is 2.15. The smallest absolute Gasteiger partial charge is 0.263 e. The van der Waals surface area contributed by atoms with Crippen molar-refractivity contribution in [3.63, 3.8) is 0 Å². The third-order valence-electron chi connectivity index (χ3n) is 2.43. The van der Waals surface area contributed by atoms with Crippen molar-refractivity contribution >= 4 is 15.8 Å². The molecule has 96 valence electrons. The van der Waals surface area contributed by atoms with Gasteiger partial charge in [-0.25, -0.2) is 13.4 Å². The third kappa shape index (κ3) is 3.09. The second-order valence-electron chi connectivity index (χ2n) is 3.96. The lowest BCUT2D eigenvalue weighted by Crippen LogP contribution is -2.14. The van der Waals surface area contributed by atoms with Crippen molar-refractivity contribution in [3.8, 4) is 6.07 Å². The minimum atomic E-state index is -3.73. The van der Waals surface area contributed by atoms with E-state index >= 15 is 0 Å². The molecular formula is C13H11N3O2S. The van der Waals surface area contributed by atoms with Crippen LogP contribution in [0, 0.1) is 18.3 Å². The molecule has 0 amide bonds. The summed E-state index contributed by atoms with van der Waals surface area (Å²) in [5, 5.41) is 8.78. The van der Waals surface area contributed by atoms with Gasteiger partial charge in [-0.15, -0.1) is 0 Å². The van der Waals surface area contributed by atoms with Crippen molar-refractivity contribution in [2.45, 2.75) is 11.8 Å². The molecule has 0 aliphatic carbocycles. The van der Waals surface area contributed by atoms with Crippen LogP contribution in [0.2, 0.25) is 0 Å². The Morgan fingerprint density at radius 1 is 1.26 bits per heavy atom. The summed E-state index contributed by atoms with van der Waals surface area (Å²) < 4.78 is 26.6. The van der Waals surface area contributed by atoms with Gasteiger partial charge in [0.1, 0.15) is 5.82 Å². The van der Waals surface area contributed by atoms with Crippen LogP contribution >= 0.6 is 0 Å². The van der Waals surface area contributed by atoms with Gasteiger partial charge in [-0.05, 0) is 42.8 Å². The van der Waals surface area contributed by atoms with Crippen molar-refractivity contribution in [1.82, 2.24) is 4.98 Å². The molecule has 1 aromatic carbocycles. The van der Waals surface area contributed by atoms with E-state index in [1.54, 1.807) is 18.2 Å². The van der Waals surface area contributed by atoms with Crippen LogP contribution in [0.4, 0.5) is 5.82 Å². The molecular weight excluding hydrogens is 262 g/mol. The van der Waals surface area contributed by atoms with E-state index < -0.39 is 10.0 Å². The van der Waals surface area contributed by atoms with Crippen LogP contribution in [0.1, 0.15) is 11.1 Å². The molecule has 0 saturated heterocycles. The second kappa shape index (κ2) is 5.08. The van der Waals surface area contributed by atoms with Gasteiger partial charge in [0.2, 0.25) is 0 Å². The SMILES string of the molecule is Cc1ccnc(NS(=O)(=O)c2cccc(C#N)c2)c1. The van der Waals surface area contributed by atoms with Gasteiger partial charge in [0, 0.05) is 6.20 Å². The first-order chi connectivity index (χ1) is 9.01. The number of pyridine rings is 1. The summed E-state index contributed by atoms with van der Waals surface area (Å²) in [7, 11) is -3.73. The standard InChI is InChI=1S/C13H11N3O2S/c1-10-5-6-15-13(7-10)16-19(17,18)12-4-2-3-11(8-12)9-14/h2-8H,1H3,(H,15,16). The Kier molecular flexibility index (Phi) is 3.49. The molecule has 5 nitrogen and oxygen atoms in total. The maximum absolute atomic E-state index is 12.1. The van der Waals surface area contributed by atoms with Crippen molar-refractivity contribution in [2.24, 2.45) is 0 Å². The third-order valence-corrected chi connectivity index (χ3v) is 3.78. The first-order valence-electron chi connectivity index (χ1n) is 5.47. The summed E-state index contributed by atoms with van der Waals surface area (Å²) in [4.78, 5) is 3.97. The molecule has 0 unspecified atom stereocenters. The number of aromatic nitrogens is 1. The highest BCUT2D eigenvalue weighted by molar-refractivity contribution is 7.92. The average molecular weight is 273 g/mol. The summed E-state index contributed by atoms with van der Waals surface area (Å²) >= 11 is 0. The van der Waals surface area contributed by atoms with Gasteiger partial charge >= 0.3 is 0 Å². The number of nitrogens with one attached hydrogen (secondary N) is 1. The predicted molar refractivity (Wildman–Crippen MR) is 70.9 cm³/mol. The van der Waals surface area contributed by atoms with E-state index in [4.69, 9.17) is 5.26 Å². The Hall–Kier alpha value is -2.39. The Balaban J connectivity index is 2.35. The van der Waals surface area contributed by atoms with E-state index in [1.807, 2.05) is 13.0 Å². The van der Waals surface area contributed by atoms with Crippen LogP contribution in [0.15, 0.2) is 47.5 Å². The first-order valence-corrected chi connectivity index (χ1v) is 6.95. The molecule has 0 saturated carbocycles. The second-order valence-corrected chi connectivity index (χ2v) is 5.65. The van der Waals surface area contributed by atoms with Gasteiger partial charge < -0.3 is 0 Å². The van der Waals surface area contributed by atoms with Gasteiger partial charge in [0.25, 0.3) is 10.0 Å². The Morgan fingerprint density at radius 2 is 2.05 bits per heavy atom. The zero-order chi connectivity index (χ0) is 13.9. The van der Waals surface area contributed by atoms with Crippen LogP contribution in [0.5, 0.6) is 0 Å². The fourth-order valence-corrected chi connectivity index (χ4v) is 2.57. The molecule has 6 heteroatoms. The quantitative estimate of drug-likeness (QED) is 0.927. The number of sulfonamides is 1. The zero-order valence-corrected chi connectivity index (χ0v) is 11.0. The molecule has 0 radical (unpaired) electrons. The first kappa shape index (κ1) is 13.1. The van der Waals surface area contributed by atoms with E-state index in [-0.39, 0.29) is 10.7 Å². The Bertz CT molecular complexity index is 748. The lowest BCUT2D eigenvalue weighted by molar-refractivity contribution is 0.601. The van der Waals surface area contributed by atoms with Crippen molar-refractivity contribution < 1.29 is 8.42 Å². The minimum absolute atomic E-state index is 0.0369. The number of nitrogens with zero attached hydrogens (tertiary/aromatic N) is 2. The molecule has 1 aromatic heterocycles. The number of rotatable bonds is 3. The fourth-order valence-electron chi connectivity index (χ4n) is 1.52. The van der Waals surface area contributed by atoms with Crippen LogP contribution in [-0.4, -0.2) is 13.4 Å². The molecule has 1 heterocycles. The molecule has 0 fully saturated rings. The van der Waals surface area contributed by atoms with E-state index in [0.29, 0.717) is 5.56 Å². The van der Waals surface area contributed by atoms with E-state index in [9.17, 15) is 8.42 Å². The monoisotopic (exact) mass is 273 g/mol. The zero-order valence-electron chi connectivity index (χ0n) is 10.2. The summed E-state index contributed by atoms with van der Waals surface area (Å²) in [5.41, 5.74) is 1.19. The molecule has 19 heavy (non-hydrogen) atoms. The van der Waals surface area contributed by atoms with Gasteiger partial charge in [0.05, 0.1) is 16.5 Å². The predicted octanol–water partition coefficient (Wildman–Crippen LogP) is 2.06. The number of hydrogen-bond donors (Lipinski definition) is 1. The summed E-state index contributed by atoms with van der Waals surface area (Å²) in [6, 6.07) is 11.1. The van der Waals surface area contributed by atoms with Crippen LogP contribution in [0.25, 0.3) is 0 Å². The number of anilines is 1. The number of aryl methyl sites for hydroxylation is 1. The molecule has 0 bridgehead atoms. The van der Waals surface area contributed by atoms with Crippen LogP contribution in [-0.2, 0) is 10.0 Å². The summed E-state index contributed by atoms with van der Waals surface area (Å²) in [6.45, 7) is 1.84. The van der Waals surface area contributed by atoms with Crippen LogP contribution < -0.4 is 4.72 Å². The molecule has 0 aliphatic heterocycles. The van der Waals surface area contributed by atoms with E-state index in [1.165, 1.54) is 24.4 Å². The fraction of sp³-hybridized carbons (Fsp3) is 0.0769. The van der Waals surface area contributed by atoms with Crippen molar-refractivity contribution in [3.05, 3.63) is 53.7 Å². The normalized spacial score (nSPS) is 10.7. The number of hydrogen-bond acceptors (Lipinski definition) is 4. The highest BCUT2D eigenvalue weighted by Gasteiger charge is 2.15. The topological polar surface area (TPSA) is 82.8 Å². The molecule has 0 atom stereocenters. The number of nitriles is 1. The molecule has 0 aliphatic rings. The molecule has 1 N–H and O–H groups in total. The number of benzene rings is 1. The maximum Gasteiger partial charge on any atom is 0.263 e.